The van der Waals surface area contributed by atoms with Crippen molar-refractivity contribution >= 4 is 29.9 Å². The molecule has 0 amide bonds. The van der Waals surface area contributed by atoms with Crippen molar-refractivity contribution in [2.24, 2.45) is 10.9 Å². The molecule has 156 valence electrons. The first kappa shape index (κ1) is 24.2. The summed E-state index contributed by atoms with van der Waals surface area (Å²) in [6, 6.07) is 3.94. The van der Waals surface area contributed by atoms with Crippen LogP contribution in [0.5, 0.6) is 0 Å². The third kappa shape index (κ3) is 9.80. The highest BCUT2D eigenvalue weighted by Gasteiger charge is 2.22. The molecule has 0 spiro atoms. The highest BCUT2D eigenvalue weighted by atomic mass is 127. The fourth-order valence-corrected chi connectivity index (χ4v) is 2.98. The van der Waals surface area contributed by atoms with Crippen LogP contribution >= 0.6 is 24.0 Å². The van der Waals surface area contributed by atoms with Gasteiger partial charge in [0.1, 0.15) is 5.76 Å². The van der Waals surface area contributed by atoms with Crippen molar-refractivity contribution in [2.75, 3.05) is 46.5 Å². The van der Waals surface area contributed by atoms with Crippen LogP contribution in [0.2, 0.25) is 0 Å². The van der Waals surface area contributed by atoms with E-state index in [4.69, 9.17) is 18.9 Å². The van der Waals surface area contributed by atoms with Crippen molar-refractivity contribution in [2.45, 2.75) is 45.6 Å². The maximum Gasteiger partial charge on any atom is 0.193 e. The third-order valence-corrected chi connectivity index (χ3v) is 4.43. The average Bonchev–Trinajstić information content (AvgIpc) is 3.15. The van der Waals surface area contributed by atoms with Crippen LogP contribution in [0.15, 0.2) is 27.8 Å². The van der Waals surface area contributed by atoms with E-state index in [0.717, 1.165) is 76.8 Å². The first-order valence-corrected chi connectivity index (χ1v) is 9.85. The van der Waals surface area contributed by atoms with Crippen LogP contribution < -0.4 is 5.32 Å². The van der Waals surface area contributed by atoms with Gasteiger partial charge in [-0.2, -0.15) is 0 Å². The lowest BCUT2D eigenvalue weighted by atomic mass is 10.1. The van der Waals surface area contributed by atoms with E-state index in [1.807, 2.05) is 12.1 Å². The molecule has 0 radical (unpaired) electrons. The van der Waals surface area contributed by atoms with E-state index in [1.165, 1.54) is 0 Å². The van der Waals surface area contributed by atoms with Gasteiger partial charge in [-0.15, -0.1) is 24.0 Å². The molecule has 1 fully saturated rings. The maximum absolute atomic E-state index is 5.96. The number of furan rings is 1. The van der Waals surface area contributed by atoms with E-state index in [0.29, 0.717) is 12.0 Å². The maximum atomic E-state index is 5.96. The lowest BCUT2D eigenvalue weighted by molar-refractivity contribution is 0.00989. The molecule has 1 saturated heterocycles. The van der Waals surface area contributed by atoms with Gasteiger partial charge >= 0.3 is 0 Å². The molecule has 1 aliphatic rings. The summed E-state index contributed by atoms with van der Waals surface area (Å²) >= 11 is 0. The Balaban J connectivity index is 0.00000364. The topological polar surface area (TPSA) is 59.2 Å². The van der Waals surface area contributed by atoms with Gasteiger partial charge in [0, 0.05) is 52.9 Å². The number of likely N-dealkylation sites (tertiary alicyclic amines) is 1. The van der Waals surface area contributed by atoms with Gasteiger partial charge in [-0.05, 0) is 37.3 Å². The number of guanidine groups is 1. The average molecular weight is 493 g/mol. The molecule has 2 heterocycles. The van der Waals surface area contributed by atoms with E-state index >= 15 is 0 Å². The van der Waals surface area contributed by atoms with Crippen LogP contribution in [0.1, 0.15) is 38.9 Å². The molecule has 0 saturated carbocycles. The summed E-state index contributed by atoms with van der Waals surface area (Å²) in [5, 5.41) is 3.52. The zero-order valence-corrected chi connectivity index (χ0v) is 19.3. The fourth-order valence-electron chi connectivity index (χ4n) is 2.98. The van der Waals surface area contributed by atoms with Crippen LogP contribution in [-0.4, -0.2) is 63.5 Å². The molecule has 7 heteroatoms. The molecular formula is C20H36IN3O3. The Morgan fingerprint density at radius 2 is 2.11 bits per heavy atom. The quantitative estimate of drug-likeness (QED) is 0.234. The molecule has 0 aromatic carbocycles. The molecule has 0 aliphatic carbocycles. The Morgan fingerprint density at radius 1 is 1.33 bits per heavy atom. The van der Waals surface area contributed by atoms with E-state index < -0.39 is 0 Å². The summed E-state index contributed by atoms with van der Waals surface area (Å²) in [5.74, 6) is 2.57. The van der Waals surface area contributed by atoms with E-state index in [2.05, 4.69) is 24.1 Å². The summed E-state index contributed by atoms with van der Waals surface area (Å²) in [5.41, 5.74) is 0. The summed E-state index contributed by atoms with van der Waals surface area (Å²) < 4.78 is 16.4. The van der Waals surface area contributed by atoms with Gasteiger partial charge in [-0.1, -0.05) is 13.8 Å². The minimum atomic E-state index is 0. The number of hydrogen-bond donors (Lipinski definition) is 1. The van der Waals surface area contributed by atoms with Crippen molar-refractivity contribution in [3.05, 3.63) is 24.2 Å². The number of halogens is 1. The van der Waals surface area contributed by atoms with E-state index in [-0.39, 0.29) is 24.0 Å². The lowest BCUT2D eigenvalue weighted by Gasteiger charge is -2.34. The number of aliphatic imine (C=N–C) groups is 1. The lowest BCUT2D eigenvalue weighted by Crippen LogP contribution is -2.47. The number of rotatable bonds is 10. The Bertz CT molecular complexity index is 501. The molecule has 1 aromatic rings. The number of ether oxygens (including phenoxy) is 2. The molecule has 0 bridgehead atoms. The summed E-state index contributed by atoms with van der Waals surface area (Å²) in [4.78, 5) is 7.18. The minimum absolute atomic E-state index is 0. The van der Waals surface area contributed by atoms with Crippen molar-refractivity contribution in [1.82, 2.24) is 10.2 Å². The van der Waals surface area contributed by atoms with Crippen LogP contribution in [0, 0.1) is 5.92 Å². The zero-order chi connectivity index (χ0) is 18.6. The molecule has 6 nitrogen and oxygen atoms in total. The summed E-state index contributed by atoms with van der Waals surface area (Å²) in [7, 11) is 1.73. The van der Waals surface area contributed by atoms with Gasteiger partial charge in [0.15, 0.2) is 5.96 Å². The highest BCUT2D eigenvalue weighted by molar-refractivity contribution is 14.0. The second-order valence-electron chi connectivity index (χ2n) is 7.22. The van der Waals surface area contributed by atoms with Crippen LogP contribution in [-0.2, 0) is 15.9 Å². The molecule has 0 atom stereocenters. The van der Waals surface area contributed by atoms with Gasteiger partial charge in [-0.3, -0.25) is 4.99 Å². The fraction of sp³-hybridized carbons (Fsp3) is 0.750. The van der Waals surface area contributed by atoms with Gasteiger partial charge in [0.25, 0.3) is 0 Å². The van der Waals surface area contributed by atoms with Crippen molar-refractivity contribution in [3.63, 3.8) is 0 Å². The van der Waals surface area contributed by atoms with Crippen LogP contribution in [0.3, 0.4) is 0 Å². The molecule has 2 rings (SSSR count). The van der Waals surface area contributed by atoms with Crippen molar-refractivity contribution < 1.29 is 13.9 Å². The first-order valence-electron chi connectivity index (χ1n) is 9.85. The first-order chi connectivity index (χ1) is 12.7. The van der Waals surface area contributed by atoms with E-state index in [9.17, 15) is 0 Å². The summed E-state index contributed by atoms with van der Waals surface area (Å²) in [6.07, 6.45) is 6.01. The minimum Gasteiger partial charge on any atom is -0.469 e. The van der Waals surface area contributed by atoms with Crippen LogP contribution in [0.25, 0.3) is 0 Å². The van der Waals surface area contributed by atoms with Crippen molar-refractivity contribution in [1.29, 1.82) is 0 Å². The molecule has 27 heavy (non-hydrogen) atoms. The largest absolute Gasteiger partial charge is 0.469 e. The second-order valence-corrected chi connectivity index (χ2v) is 7.22. The predicted octanol–water partition coefficient (Wildman–Crippen LogP) is 3.56. The molecule has 1 aromatic heterocycles. The van der Waals surface area contributed by atoms with E-state index in [1.54, 1.807) is 13.4 Å². The van der Waals surface area contributed by atoms with Gasteiger partial charge in [0.05, 0.1) is 12.4 Å². The van der Waals surface area contributed by atoms with Gasteiger partial charge < -0.3 is 24.1 Å². The number of nitrogens with one attached hydrogen (secondary N) is 1. The Labute approximate surface area is 181 Å². The van der Waals surface area contributed by atoms with Crippen molar-refractivity contribution in [3.8, 4) is 0 Å². The van der Waals surface area contributed by atoms with Gasteiger partial charge in [0.2, 0.25) is 0 Å². The summed E-state index contributed by atoms with van der Waals surface area (Å²) in [6.45, 7) is 9.60. The number of hydrogen-bond acceptors (Lipinski definition) is 4. The smallest absolute Gasteiger partial charge is 0.193 e. The molecule has 1 N–H and O–H groups in total. The normalized spacial score (nSPS) is 15.9. The SMILES string of the molecule is COCCCOC1CCN(C(=NCC(C)C)NCCc2ccco2)CC1.I. The second kappa shape index (κ2) is 14.2. The zero-order valence-electron chi connectivity index (χ0n) is 17.0. The van der Waals surface area contributed by atoms with Gasteiger partial charge in [-0.25, -0.2) is 0 Å². The monoisotopic (exact) mass is 493 g/mol. The number of methoxy groups -OCH3 is 1. The highest BCUT2D eigenvalue weighted by Crippen LogP contribution is 2.14. The molecule has 1 aliphatic heterocycles. The third-order valence-electron chi connectivity index (χ3n) is 4.43. The van der Waals surface area contributed by atoms with Crippen LogP contribution in [0.4, 0.5) is 0 Å². The molecular weight excluding hydrogens is 457 g/mol. The number of nitrogens with zero attached hydrogens (tertiary/aromatic N) is 2. The Kier molecular flexibility index (Phi) is 12.8. The number of piperidine rings is 1. The molecule has 0 unspecified atom stereocenters. The standard InChI is InChI=1S/C20H35N3O3.HI/c1-17(2)16-22-20(21-10-7-18-6-4-14-25-18)23-11-8-19(9-12-23)26-15-5-13-24-3;/h4,6,14,17,19H,5,7-13,15-16H2,1-3H3,(H,21,22);1H. The Morgan fingerprint density at radius 3 is 2.74 bits per heavy atom. The Hall–Kier alpha value is -0.800. The predicted molar refractivity (Wildman–Crippen MR) is 120 cm³/mol.